The van der Waals surface area contributed by atoms with Gasteiger partial charge in [-0.05, 0) is 29.7 Å². The summed E-state index contributed by atoms with van der Waals surface area (Å²) < 4.78 is 23.4. The van der Waals surface area contributed by atoms with E-state index in [0.29, 0.717) is 18.5 Å². The number of benzene rings is 2. The van der Waals surface area contributed by atoms with Gasteiger partial charge in [0.25, 0.3) is 5.91 Å². The first-order valence-electron chi connectivity index (χ1n) is 9.57. The van der Waals surface area contributed by atoms with E-state index in [-0.39, 0.29) is 28.7 Å². The number of nitrogens with two attached hydrogens (primary N) is 1. The number of likely N-dealkylation sites (tertiary alicyclic amines) is 1. The molecule has 0 spiro atoms. The highest BCUT2D eigenvalue weighted by atomic mass is 32.2. The first kappa shape index (κ1) is 22.4. The van der Waals surface area contributed by atoms with Crippen molar-refractivity contribution in [3.63, 3.8) is 0 Å². The number of nitrogen functional groups attached to an aromatic ring is 1. The smallest absolute Gasteiger partial charge is 0.256 e. The van der Waals surface area contributed by atoms with Gasteiger partial charge >= 0.3 is 0 Å². The van der Waals surface area contributed by atoms with E-state index in [2.05, 4.69) is 5.32 Å². The zero-order chi connectivity index (χ0) is 22.8. The van der Waals surface area contributed by atoms with Crippen molar-refractivity contribution in [3.8, 4) is 0 Å². The van der Waals surface area contributed by atoms with Gasteiger partial charge in [-0.25, -0.2) is 8.42 Å². The third-order valence-electron chi connectivity index (χ3n) is 5.17. The number of amidine groups is 1. The average molecular weight is 445 g/mol. The third-order valence-corrected chi connectivity index (χ3v) is 6.28. The maximum absolute atomic E-state index is 12.7. The van der Waals surface area contributed by atoms with Crippen molar-refractivity contribution < 1.29 is 23.1 Å². The van der Waals surface area contributed by atoms with Crippen LogP contribution < -0.4 is 11.1 Å². The number of hydrogen-bond acceptors (Lipinski definition) is 6. The fourth-order valence-corrected chi connectivity index (χ4v) is 3.92. The largest absolute Gasteiger partial charge is 0.384 e. The minimum Gasteiger partial charge on any atom is -0.384 e. The van der Waals surface area contributed by atoms with Gasteiger partial charge in [0.15, 0.2) is 15.9 Å². The summed E-state index contributed by atoms with van der Waals surface area (Å²) in [7, 11) is -3.48. The second kappa shape index (κ2) is 8.86. The highest BCUT2D eigenvalue weighted by Crippen LogP contribution is 2.25. The number of amides is 2. The second-order valence-corrected chi connectivity index (χ2v) is 9.43. The minimum atomic E-state index is -3.48. The molecule has 9 nitrogen and oxygen atoms in total. The molecule has 2 aromatic rings. The van der Waals surface area contributed by atoms with Gasteiger partial charge in [-0.15, -0.1) is 0 Å². The molecule has 2 amide bonds. The number of nitrogens with zero attached hydrogens (tertiary/aromatic N) is 1. The van der Waals surface area contributed by atoms with Gasteiger partial charge in [-0.3, -0.25) is 15.0 Å². The maximum atomic E-state index is 12.7. The van der Waals surface area contributed by atoms with Crippen LogP contribution in [0.25, 0.3) is 0 Å². The molecule has 2 atom stereocenters. The summed E-state index contributed by atoms with van der Waals surface area (Å²) in [6, 6.07) is 11.7. The van der Waals surface area contributed by atoms with Gasteiger partial charge in [0.2, 0.25) is 5.91 Å². The summed E-state index contributed by atoms with van der Waals surface area (Å²) in [6.45, 7) is 0.571. The molecule has 2 aromatic carbocycles. The zero-order valence-electron chi connectivity index (χ0n) is 16.9. The lowest BCUT2D eigenvalue weighted by molar-refractivity contribution is -0.154. The molecule has 1 saturated heterocycles. The summed E-state index contributed by atoms with van der Waals surface area (Å²) in [5.74, 6) is -1.03. The summed E-state index contributed by atoms with van der Waals surface area (Å²) in [6.07, 6.45) is -0.0443. The normalized spacial score (nSPS) is 16.8. The van der Waals surface area contributed by atoms with Gasteiger partial charge < -0.3 is 21.1 Å². The van der Waals surface area contributed by atoms with Crippen molar-refractivity contribution in [1.82, 2.24) is 10.2 Å². The molecule has 164 valence electrons. The first-order chi connectivity index (χ1) is 14.6. The maximum Gasteiger partial charge on any atom is 0.256 e. The number of nitrogens with one attached hydrogen (secondary N) is 2. The first-order valence-corrected chi connectivity index (χ1v) is 11.5. The Morgan fingerprint density at radius 1 is 1.26 bits per heavy atom. The molecule has 1 aliphatic heterocycles. The van der Waals surface area contributed by atoms with Crippen LogP contribution in [0.2, 0.25) is 0 Å². The van der Waals surface area contributed by atoms with E-state index in [1.54, 1.807) is 24.3 Å². The van der Waals surface area contributed by atoms with Crippen LogP contribution >= 0.6 is 0 Å². The number of carbonyl (C=O) groups excluding carboxylic acids is 2. The van der Waals surface area contributed by atoms with Crippen LogP contribution in [-0.4, -0.2) is 54.9 Å². The second-order valence-electron chi connectivity index (χ2n) is 7.41. The molecule has 1 heterocycles. The molecule has 5 N–H and O–H groups in total. The van der Waals surface area contributed by atoms with E-state index in [1.165, 1.54) is 29.2 Å². The molecular weight excluding hydrogens is 420 g/mol. The van der Waals surface area contributed by atoms with E-state index in [0.717, 1.165) is 11.8 Å². The molecule has 3 rings (SSSR count). The average Bonchev–Trinajstić information content (AvgIpc) is 2.70. The van der Waals surface area contributed by atoms with Crippen LogP contribution in [0.4, 0.5) is 0 Å². The Kier molecular flexibility index (Phi) is 6.42. The van der Waals surface area contributed by atoms with E-state index in [1.807, 2.05) is 0 Å². The Morgan fingerprint density at radius 2 is 1.94 bits per heavy atom. The monoisotopic (exact) mass is 444 g/mol. The third kappa shape index (κ3) is 5.09. The quantitative estimate of drug-likeness (QED) is 0.356. The van der Waals surface area contributed by atoms with Crippen molar-refractivity contribution >= 4 is 27.5 Å². The van der Waals surface area contributed by atoms with Crippen LogP contribution in [0, 0.1) is 5.41 Å². The predicted octanol–water partition coefficient (Wildman–Crippen LogP) is 0.325. The van der Waals surface area contributed by atoms with Gasteiger partial charge in [-0.1, -0.05) is 36.4 Å². The van der Waals surface area contributed by atoms with Crippen molar-refractivity contribution in [3.05, 3.63) is 65.2 Å². The lowest BCUT2D eigenvalue weighted by atomic mass is 9.99. The fraction of sp³-hybridized carbons (Fsp3) is 0.286. The highest BCUT2D eigenvalue weighted by Gasteiger charge is 2.40. The van der Waals surface area contributed by atoms with Crippen LogP contribution in [0.5, 0.6) is 0 Å². The van der Waals surface area contributed by atoms with E-state index in [9.17, 15) is 23.1 Å². The topological polar surface area (TPSA) is 154 Å². The Morgan fingerprint density at radius 3 is 2.48 bits per heavy atom. The summed E-state index contributed by atoms with van der Waals surface area (Å²) in [5.41, 5.74) is 6.97. The summed E-state index contributed by atoms with van der Waals surface area (Å²) in [4.78, 5) is 26.5. The molecule has 1 fully saturated rings. The Hall–Kier alpha value is -3.24. The van der Waals surface area contributed by atoms with Crippen molar-refractivity contribution in [2.75, 3.05) is 12.8 Å². The minimum absolute atomic E-state index is 0.00513. The molecule has 2 unspecified atom stereocenters. The molecule has 0 saturated carbocycles. The number of rotatable bonds is 7. The summed E-state index contributed by atoms with van der Waals surface area (Å²) >= 11 is 0. The van der Waals surface area contributed by atoms with Gasteiger partial charge in [-0.2, -0.15) is 0 Å². The van der Waals surface area contributed by atoms with Crippen molar-refractivity contribution in [2.24, 2.45) is 5.73 Å². The highest BCUT2D eigenvalue weighted by molar-refractivity contribution is 7.90. The molecule has 0 aliphatic carbocycles. The van der Waals surface area contributed by atoms with Gasteiger partial charge in [0, 0.05) is 24.9 Å². The standard InChI is InChI=1S/C21H24N4O5S/c1-31(29,30)16-4-2-3-15(11-16)18(26)21(28)25-10-9-17(25)20(27)24-12-13-5-7-14(8-6-13)19(22)23/h2-8,11,17-18,26H,9-10,12H2,1H3,(H3,22,23)(H,24,27). The zero-order valence-corrected chi connectivity index (χ0v) is 17.7. The predicted molar refractivity (Wildman–Crippen MR) is 114 cm³/mol. The number of hydrogen-bond donors (Lipinski definition) is 4. The van der Waals surface area contributed by atoms with E-state index < -0.39 is 27.9 Å². The lowest BCUT2D eigenvalue weighted by Crippen LogP contribution is -2.59. The fourth-order valence-electron chi connectivity index (χ4n) is 3.25. The number of carbonyl (C=O) groups is 2. The van der Waals surface area contributed by atoms with Crippen LogP contribution in [-0.2, 0) is 26.0 Å². The van der Waals surface area contributed by atoms with Gasteiger partial charge in [0.05, 0.1) is 4.90 Å². The number of sulfone groups is 1. The van der Waals surface area contributed by atoms with E-state index in [4.69, 9.17) is 11.1 Å². The number of aliphatic hydroxyl groups excluding tert-OH is 1. The van der Waals surface area contributed by atoms with Crippen LogP contribution in [0.15, 0.2) is 53.4 Å². The van der Waals surface area contributed by atoms with Crippen molar-refractivity contribution in [2.45, 2.75) is 30.0 Å². The van der Waals surface area contributed by atoms with E-state index >= 15 is 0 Å². The molecule has 1 aliphatic rings. The van der Waals surface area contributed by atoms with Crippen LogP contribution in [0.1, 0.15) is 29.2 Å². The molecule has 0 radical (unpaired) electrons. The molecular formula is C21H24N4O5S. The Bertz CT molecular complexity index is 1110. The Balaban J connectivity index is 1.61. The van der Waals surface area contributed by atoms with Crippen LogP contribution in [0.3, 0.4) is 0 Å². The molecule has 0 bridgehead atoms. The lowest BCUT2D eigenvalue weighted by Gasteiger charge is -2.40. The molecule has 31 heavy (non-hydrogen) atoms. The summed E-state index contributed by atoms with van der Waals surface area (Å²) in [5, 5.41) is 20.6. The van der Waals surface area contributed by atoms with Crippen molar-refractivity contribution in [1.29, 1.82) is 5.41 Å². The molecule has 10 heteroatoms. The molecule has 0 aromatic heterocycles. The van der Waals surface area contributed by atoms with Gasteiger partial charge in [0.1, 0.15) is 11.9 Å². The number of aliphatic hydroxyl groups is 1. The SMILES string of the molecule is CS(=O)(=O)c1cccc(C(O)C(=O)N2CCC2C(=O)NCc2ccc(C(=N)N)cc2)c1. The Labute approximate surface area is 180 Å².